The van der Waals surface area contributed by atoms with Gasteiger partial charge in [0.1, 0.15) is 5.75 Å². The molecule has 0 atom stereocenters. The number of aldehydes is 1. The van der Waals surface area contributed by atoms with Crippen LogP contribution < -0.4 is 4.74 Å². The summed E-state index contributed by atoms with van der Waals surface area (Å²) in [6.07, 6.45) is -4.89. The van der Waals surface area contributed by atoms with Crippen LogP contribution in [-0.4, -0.2) is 12.6 Å². The maximum Gasteiger partial charge on any atom is 0.573 e. The summed E-state index contributed by atoms with van der Waals surface area (Å²) in [4.78, 5) is 10.5. The maximum atomic E-state index is 12.1. The molecule has 3 nitrogen and oxygen atoms in total. The number of carbonyl (C=O) groups is 1. The molecule has 84 valence electrons. The van der Waals surface area contributed by atoms with E-state index in [0.717, 1.165) is 0 Å². The number of nitrogens with zero attached hydrogens (tertiary/aromatic N) is 1. The molecule has 0 amide bonds. The Bertz CT molecular complexity index is 435. The van der Waals surface area contributed by atoms with E-state index in [4.69, 9.17) is 5.26 Å². The number of hydrogen-bond acceptors (Lipinski definition) is 3. The van der Waals surface area contributed by atoms with E-state index < -0.39 is 12.1 Å². The lowest BCUT2D eigenvalue weighted by Crippen LogP contribution is -2.19. The monoisotopic (exact) mass is 229 g/mol. The lowest BCUT2D eigenvalue weighted by atomic mass is 10.1. The van der Waals surface area contributed by atoms with E-state index in [1.54, 1.807) is 6.07 Å². The van der Waals surface area contributed by atoms with Crippen molar-refractivity contribution in [1.29, 1.82) is 5.26 Å². The predicted octanol–water partition coefficient (Wildman–Crippen LogP) is 2.46. The second-order valence-corrected chi connectivity index (χ2v) is 2.84. The normalized spacial score (nSPS) is 10.6. The second kappa shape index (κ2) is 4.66. The van der Waals surface area contributed by atoms with Crippen molar-refractivity contribution in [1.82, 2.24) is 0 Å². The molecule has 1 aromatic rings. The van der Waals surface area contributed by atoms with Crippen molar-refractivity contribution in [3.63, 3.8) is 0 Å². The molecule has 0 aliphatic heterocycles. The fourth-order valence-electron chi connectivity index (χ4n) is 1.16. The number of para-hydroxylation sites is 1. The Balaban J connectivity index is 3.20. The van der Waals surface area contributed by atoms with Gasteiger partial charge in [-0.05, 0) is 6.07 Å². The average molecular weight is 229 g/mol. The Morgan fingerprint density at radius 2 is 2.12 bits per heavy atom. The van der Waals surface area contributed by atoms with E-state index in [-0.39, 0.29) is 23.8 Å². The van der Waals surface area contributed by atoms with Gasteiger partial charge in [0, 0.05) is 5.56 Å². The van der Waals surface area contributed by atoms with Gasteiger partial charge >= 0.3 is 6.36 Å². The molecule has 0 fully saturated rings. The second-order valence-electron chi connectivity index (χ2n) is 2.84. The fourth-order valence-corrected chi connectivity index (χ4v) is 1.16. The minimum atomic E-state index is -4.89. The van der Waals surface area contributed by atoms with Crippen molar-refractivity contribution >= 4 is 6.29 Å². The van der Waals surface area contributed by atoms with Gasteiger partial charge in [0.2, 0.25) is 0 Å². The summed E-state index contributed by atoms with van der Waals surface area (Å²) < 4.78 is 39.9. The largest absolute Gasteiger partial charge is 0.573 e. The number of nitriles is 1. The first-order valence-corrected chi connectivity index (χ1v) is 4.17. The lowest BCUT2D eigenvalue weighted by Gasteiger charge is -2.13. The number of benzene rings is 1. The first-order valence-electron chi connectivity index (χ1n) is 4.17. The number of hydrogen-bond donors (Lipinski definition) is 0. The van der Waals surface area contributed by atoms with Gasteiger partial charge in [0.25, 0.3) is 0 Å². The number of alkyl halides is 3. The lowest BCUT2D eigenvalue weighted by molar-refractivity contribution is -0.274. The molecule has 1 aromatic carbocycles. The van der Waals surface area contributed by atoms with E-state index >= 15 is 0 Å². The summed E-state index contributed by atoms with van der Waals surface area (Å²) in [6, 6.07) is 5.58. The van der Waals surface area contributed by atoms with Gasteiger partial charge in [-0.3, -0.25) is 4.79 Å². The Hall–Kier alpha value is -2.03. The average Bonchev–Trinajstić information content (AvgIpc) is 2.19. The van der Waals surface area contributed by atoms with Crippen LogP contribution in [0.1, 0.15) is 15.9 Å². The van der Waals surface area contributed by atoms with Gasteiger partial charge in [-0.15, -0.1) is 13.2 Å². The zero-order valence-corrected chi connectivity index (χ0v) is 7.91. The van der Waals surface area contributed by atoms with Crippen LogP contribution in [0, 0.1) is 11.3 Å². The van der Waals surface area contributed by atoms with Crippen LogP contribution in [0.3, 0.4) is 0 Å². The molecule has 0 heterocycles. The van der Waals surface area contributed by atoms with Gasteiger partial charge in [0.15, 0.2) is 6.29 Å². The van der Waals surface area contributed by atoms with Crippen LogP contribution in [0.2, 0.25) is 0 Å². The summed E-state index contributed by atoms with van der Waals surface area (Å²) in [6.45, 7) is 0. The third-order valence-corrected chi connectivity index (χ3v) is 1.74. The first-order chi connectivity index (χ1) is 7.48. The fraction of sp³-hybridized carbons (Fsp3) is 0.200. The molecule has 0 unspecified atom stereocenters. The highest BCUT2D eigenvalue weighted by Gasteiger charge is 2.33. The van der Waals surface area contributed by atoms with Crippen molar-refractivity contribution in [3.8, 4) is 11.8 Å². The van der Waals surface area contributed by atoms with Crippen LogP contribution in [0.15, 0.2) is 18.2 Å². The van der Waals surface area contributed by atoms with Gasteiger partial charge in [0.05, 0.1) is 18.1 Å². The molecule has 0 saturated heterocycles. The minimum absolute atomic E-state index is 0.0319. The molecule has 0 aromatic heterocycles. The molecule has 0 bridgehead atoms. The van der Waals surface area contributed by atoms with Crippen LogP contribution in [0.5, 0.6) is 5.75 Å². The van der Waals surface area contributed by atoms with Gasteiger partial charge in [-0.25, -0.2) is 0 Å². The van der Waals surface area contributed by atoms with Crippen LogP contribution in [0.4, 0.5) is 13.2 Å². The van der Waals surface area contributed by atoms with Crippen LogP contribution in [-0.2, 0) is 6.42 Å². The highest BCUT2D eigenvalue weighted by atomic mass is 19.4. The van der Waals surface area contributed by atoms with Crippen LogP contribution >= 0.6 is 0 Å². The summed E-state index contributed by atoms with van der Waals surface area (Å²) in [5.41, 5.74) is -0.200. The number of ether oxygens (including phenoxy) is 1. The van der Waals surface area contributed by atoms with Crippen molar-refractivity contribution < 1.29 is 22.7 Å². The van der Waals surface area contributed by atoms with Gasteiger partial charge in [-0.1, -0.05) is 12.1 Å². The van der Waals surface area contributed by atoms with Gasteiger partial charge in [-0.2, -0.15) is 5.26 Å². The quantitative estimate of drug-likeness (QED) is 0.748. The van der Waals surface area contributed by atoms with E-state index in [2.05, 4.69) is 4.74 Å². The summed E-state index contributed by atoms with van der Waals surface area (Å²) in [7, 11) is 0. The Labute approximate surface area is 89.1 Å². The SMILES string of the molecule is N#CCc1cccc(C=O)c1OC(F)(F)F. The molecule has 0 spiro atoms. The smallest absolute Gasteiger partial charge is 0.405 e. The molecule has 1 rings (SSSR count). The standard InChI is InChI=1S/C10H6F3NO2/c11-10(12,13)16-9-7(4-5-14)2-1-3-8(9)6-15/h1-3,6H,4H2. The third kappa shape index (κ3) is 2.98. The van der Waals surface area contributed by atoms with Crippen molar-refractivity contribution in [2.24, 2.45) is 0 Å². The molecule has 16 heavy (non-hydrogen) atoms. The summed E-state index contributed by atoms with van der Waals surface area (Å²) in [5.74, 6) is -0.605. The molecule has 0 N–H and O–H groups in total. The van der Waals surface area contributed by atoms with Crippen molar-refractivity contribution in [2.75, 3.05) is 0 Å². The Morgan fingerprint density at radius 3 is 2.62 bits per heavy atom. The highest BCUT2D eigenvalue weighted by molar-refractivity contribution is 5.80. The Kier molecular flexibility index (Phi) is 3.51. The predicted molar refractivity (Wildman–Crippen MR) is 47.8 cm³/mol. The molecule has 0 aliphatic carbocycles. The van der Waals surface area contributed by atoms with E-state index in [9.17, 15) is 18.0 Å². The Morgan fingerprint density at radius 1 is 1.44 bits per heavy atom. The summed E-state index contributed by atoms with van der Waals surface area (Å²) in [5, 5.41) is 8.43. The van der Waals surface area contributed by atoms with Gasteiger partial charge < -0.3 is 4.74 Å². The number of carbonyl (C=O) groups excluding carboxylic acids is 1. The van der Waals surface area contributed by atoms with Crippen LogP contribution in [0.25, 0.3) is 0 Å². The zero-order valence-electron chi connectivity index (χ0n) is 7.91. The molecule has 0 saturated carbocycles. The third-order valence-electron chi connectivity index (χ3n) is 1.74. The molecule has 0 radical (unpaired) electrons. The number of halogens is 3. The zero-order chi connectivity index (χ0) is 12.2. The van der Waals surface area contributed by atoms with E-state index in [0.29, 0.717) is 0 Å². The first kappa shape index (κ1) is 12.0. The summed E-state index contributed by atoms with van der Waals surface area (Å²) >= 11 is 0. The highest BCUT2D eigenvalue weighted by Crippen LogP contribution is 2.29. The number of rotatable bonds is 3. The van der Waals surface area contributed by atoms with Crippen molar-refractivity contribution in [3.05, 3.63) is 29.3 Å². The molecular weight excluding hydrogens is 223 g/mol. The van der Waals surface area contributed by atoms with E-state index in [1.807, 2.05) is 0 Å². The molecule has 0 aliphatic rings. The molecule has 6 heteroatoms. The van der Waals surface area contributed by atoms with Crippen molar-refractivity contribution in [2.45, 2.75) is 12.8 Å². The molecular formula is C10H6F3NO2. The van der Waals surface area contributed by atoms with E-state index in [1.165, 1.54) is 18.2 Å². The maximum absolute atomic E-state index is 12.1. The topological polar surface area (TPSA) is 50.1 Å². The minimum Gasteiger partial charge on any atom is -0.405 e.